The molecule has 1 nitrogen and oxygen atoms in total. The molecule has 0 spiro atoms. The predicted molar refractivity (Wildman–Crippen MR) is 97.2 cm³/mol. The van der Waals surface area contributed by atoms with Crippen LogP contribution in [0.3, 0.4) is 0 Å². The largest absolute Gasteiger partial charge is 0.299 e. The molecule has 0 heterocycles. The lowest BCUT2D eigenvalue weighted by Gasteiger charge is -2.06. The van der Waals surface area contributed by atoms with E-state index in [2.05, 4.69) is 19.1 Å². The van der Waals surface area contributed by atoms with Gasteiger partial charge in [0.15, 0.2) is 0 Å². The first-order chi connectivity index (χ1) is 11.3. The van der Waals surface area contributed by atoms with E-state index in [1.807, 2.05) is 78.9 Å². The Labute approximate surface area is 137 Å². The maximum atomic E-state index is 10.7. The third-order valence-electron chi connectivity index (χ3n) is 3.34. The Morgan fingerprint density at radius 3 is 1.35 bits per heavy atom. The summed E-state index contributed by atoms with van der Waals surface area (Å²) < 4.78 is 0. The van der Waals surface area contributed by atoms with Gasteiger partial charge in [0.1, 0.15) is 6.29 Å². The number of benzene rings is 3. The number of allylic oxidation sites excluding steroid dienone is 1. The number of carbonyl (C=O) groups excluding carboxylic acids is 1. The maximum Gasteiger partial charge on any atom is 0.143 e. The number of rotatable bonds is 3. The highest BCUT2D eigenvalue weighted by atomic mass is 16.1. The topological polar surface area (TPSA) is 17.1 Å². The lowest BCUT2D eigenvalue weighted by atomic mass is 9.98. The zero-order chi connectivity index (χ0) is 16.3. The SMILES string of the molecule is Cc1ccccc1.O=CC=C(c1ccccc1)c1ccccc1. The molecule has 23 heavy (non-hydrogen) atoms. The number of hydrogen-bond acceptors (Lipinski definition) is 1. The first kappa shape index (κ1) is 16.4. The molecular formula is C22H20O. The maximum absolute atomic E-state index is 10.7. The smallest absolute Gasteiger partial charge is 0.143 e. The van der Waals surface area contributed by atoms with Crippen LogP contribution in [0.25, 0.3) is 5.57 Å². The van der Waals surface area contributed by atoms with Crippen molar-refractivity contribution in [1.29, 1.82) is 0 Å². The van der Waals surface area contributed by atoms with Crippen LogP contribution in [0, 0.1) is 6.92 Å². The van der Waals surface area contributed by atoms with Gasteiger partial charge in [0, 0.05) is 0 Å². The summed E-state index contributed by atoms with van der Waals surface area (Å²) in [5.74, 6) is 0. The lowest BCUT2D eigenvalue weighted by Crippen LogP contribution is -1.87. The Hall–Kier alpha value is -2.93. The van der Waals surface area contributed by atoms with Crippen molar-refractivity contribution in [3.8, 4) is 0 Å². The van der Waals surface area contributed by atoms with Crippen molar-refractivity contribution in [3.63, 3.8) is 0 Å². The van der Waals surface area contributed by atoms with Gasteiger partial charge in [-0.25, -0.2) is 0 Å². The molecule has 0 atom stereocenters. The molecule has 0 bridgehead atoms. The molecule has 0 saturated carbocycles. The van der Waals surface area contributed by atoms with E-state index in [1.165, 1.54) is 5.56 Å². The van der Waals surface area contributed by atoms with E-state index in [-0.39, 0.29) is 0 Å². The van der Waals surface area contributed by atoms with Crippen LogP contribution < -0.4 is 0 Å². The van der Waals surface area contributed by atoms with Crippen LogP contribution in [0.1, 0.15) is 16.7 Å². The van der Waals surface area contributed by atoms with Crippen LogP contribution in [0.15, 0.2) is 97.1 Å². The van der Waals surface area contributed by atoms with Crippen molar-refractivity contribution in [2.24, 2.45) is 0 Å². The summed E-state index contributed by atoms with van der Waals surface area (Å²) in [5.41, 5.74) is 4.39. The monoisotopic (exact) mass is 300 g/mol. The molecule has 3 rings (SSSR count). The Morgan fingerprint density at radius 1 is 0.652 bits per heavy atom. The van der Waals surface area contributed by atoms with Gasteiger partial charge in [0.05, 0.1) is 0 Å². The Bertz CT molecular complexity index is 687. The highest BCUT2D eigenvalue weighted by Crippen LogP contribution is 2.22. The summed E-state index contributed by atoms with van der Waals surface area (Å²) in [6.07, 6.45) is 2.43. The summed E-state index contributed by atoms with van der Waals surface area (Å²) in [7, 11) is 0. The van der Waals surface area contributed by atoms with Crippen LogP contribution in [-0.2, 0) is 4.79 Å². The van der Waals surface area contributed by atoms with Crippen molar-refractivity contribution in [3.05, 3.63) is 114 Å². The van der Waals surface area contributed by atoms with E-state index in [9.17, 15) is 4.79 Å². The second-order valence-electron chi connectivity index (χ2n) is 5.10. The zero-order valence-electron chi connectivity index (χ0n) is 13.2. The van der Waals surface area contributed by atoms with Crippen molar-refractivity contribution in [1.82, 2.24) is 0 Å². The van der Waals surface area contributed by atoms with Crippen molar-refractivity contribution < 1.29 is 4.79 Å². The fourth-order valence-electron chi connectivity index (χ4n) is 2.20. The van der Waals surface area contributed by atoms with Gasteiger partial charge in [-0.1, -0.05) is 96.6 Å². The summed E-state index contributed by atoms with van der Waals surface area (Å²) in [6, 6.07) is 30.1. The van der Waals surface area contributed by atoms with Gasteiger partial charge in [-0.05, 0) is 29.7 Å². The van der Waals surface area contributed by atoms with Gasteiger partial charge in [-0.3, -0.25) is 4.79 Å². The molecule has 0 aliphatic rings. The summed E-state index contributed by atoms with van der Waals surface area (Å²) >= 11 is 0. The highest BCUT2D eigenvalue weighted by Gasteiger charge is 2.02. The number of carbonyl (C=O) groups is 1. The van der Waals surface area contributed by atoms with E-state index in [1.54, 1.807) is 6.08 Å². The molecule has 3 aromatic rings. The third-order valence-corrected chi connectivity index (χ3v) is 3.34. The normalized spacial score (nSPS) is 9.26. The van der Waals surface area contributed by atoms with Gasteiger partial charge in [0.2, 0.25) is 0 Å². The molecule has 0 aromatic heterocycles. The molecule has 3 aromatic carbocycles. The third kappa shape index (κ3) is 5.40. The average Bonchev–Trinajstić information content (AvgIpc) is 2.62. The molecule has 0 aliphatic carbocycles. The van der Waals surface area contributed by atoms with E-state index in [0.29, 0.717) is 0 Å². The van der Waals surface area contributed by atoms with Gasteiger partial charge in [0.25, 0.3) is 0 Å². The minimum absolute atomic E-state index is 0.829. The van der Waals surface area contributed by atoms with Crippen molar-refractivity contribution >= 4 is 11.9 Å². The van der Waals surface area contributed by atoms with Gasteiger partial charge >= 0.3 is 0 Å². The molecular weight excluding hydrogens is 280 g/mol. The average molecular weight is 300 g/mol. The van der Waals surface area contributed by atoms with Crippen LogP contribution >= 0.6 is 0 Å². The molecule has 0 N–H and O–H groups in total. The van der Waals surface area contributed by atoms with Crippen molar-refractivity contribution in [2.75, 3.05) is 0 Å². The van der Waals surface area contributed by atoms with E-state index in [4.69, 9.17) is 0 Å². The van der Waals surface area contributed by atoms with Gasteiger partial charge < -0.3 is 0 Å². The summed E-state index contributed by atoms with van der Waals surface area (Å²) in [4.78, 5) is 10.7. The summed E-state index contributed by atoms with van der Waals surface area (Å²) in [6.45, 7) is 2.08. The van der Waals surface area contributed by atoms with Crippen LogP contribution in [0.5, 0.6) is 0 Å². The predicted octanol–water partition coefficient (Wildman–Crippen LogP) is 5.31. The van der Waals surface area contributed by atoms with Gasteiger partial charge in [-0.15, -0.1) is 0 Å². The molecule has 0 amide bonds. The molecule has 0 radical (unpaired) electrons. The van der Waals surface area contributed by atoms with E-state index in [0.717, 1.165) is 23.0 Å². The number of aldehydes is 1. The minimum Gasteiger partial charge on any atom is -0.299 e. The quantitative estimate of drug-likeness (QED) is 0.473. The standard InChI is InChI=1S/C15H12O.C7H8/c16-12-11-15(13-7-3-1-4-8-13)14-9-5-2-6-10-14;1-7-5-3-2-4-6-7/h1-12H;2-6H,1H3. The highest BCUT2D eigenvalue weighted by molar-refractivity contribution is 5.89. The summed E-state index contributed by atoms with van der Waals surface area (Å²) in [5, 5.41) is 0. The van der Waals surface area contributed by atoms with Gasteiger partial charge in [-0.2, -0.15) is 0 Å². The molecule has 0 unspecified atom stereocenters. The molecule has 0 aliphatic heterocycles. The van der Waals surface area contributed by atoms with E-state index >= 15 is 0 Å². The number of hydrogen-bond donors (Lipinski definition) is 0. The molecule has 1 heteroatoms. The number of aryl methyl sites for hydroxylation is 1. The molecule has 0 saturated heterocycles. The molecule has 114 valence electrons. The fraction of sp³-hybridized carbons (Fsp3) is 0.0455. The Morgan fingerprint density at radius 2 is 1.04 bits per heavy atom. The van der Waals surface area contributed by atoms with E-state index < -0.39 is 0 Å². The first-order valence-electron chi connectivity index (χ1n) is 7.59. The van der Waals surface area contributed by atoms with Crippen molar-refractivity contribution in [2.45, 2.75) is 6.92 Å². The van der Waals surface area contributed by atoms with Crippen LogP contribution in [0.2, 0.25) is 0 Å². The molecule has 0 fully saturated rings. The fourth-order valence-corrected chi connectivity index (χ4v) is 2.20. The van der Waals surface area contributed by atoms with Crippen LogP contribution in [-0.4, -0.2) is 6.29 Å². The first-order valence-corrected chi connectivity index (χ1v) is 7.59. The second-order valence-corrected chi connectivity index (χ2v) is 5.10. The Kier molecular flexibility index (Phi) is 6.55. The second kappa shape index (κ2) is 9.16. The lowest BCUT2D eigenvalue weighted by molar-refractivity contribution is -0.104. The van der Waals surface area contributed by atoms with Crippen LogP contribution in [0.4, 0.5) is 0 Å². The zero-order valence-corrected chi connectivity index (χ0v) is 13.2. The minimum atomic E-state index is 0.829. The Balaban J connectivity index is 0.000000229.